The van der Waals surface area contributed by atoms with Crippen molar-refractivity contribution in [1.82, 2.24) is 0 Å². The van der Waals surface area contributed by atoms with Gasteiger partial charge in [-0.25, -0.2) is 0 Å². The lowest BCUT2D eigenvalue weighted by Crippen LogP contribution is -2.27. The van der Waals surface area contributed by atoms with Crippen molar-refractivity contribution >= 4 is 23.3 Å². The molecule has 1 atom stereocenters. The maximum atomic E-state index is 10.5. The summed E-state index contributed by atoms with van der Waals surface area (Å²) in [6.45, 7) is 1.99. The summed E-state index contributed by atoms with van der Waals surface area (Å²) in [7, 11) is 1.93. The van der Waals surface area contributed by atoms with Gasteiger partial charge in [-0.1, -0.05) is 0 Å². The zero-order chi connectivity index (χ0) is 10.6. The van der Waals surface area contributed by atoms with Crippen molar-refractivity contribution in [2.45, 2.75) is 19.4 Å². The minimum absolute atomic E-state index is 0.175. The van der Waals surface area contributed by atoms with Crippen LogP contribution in [-0.4, -0.2) is 19.4 Å². The van der Waals surface area contributed by atoms with Gasteiger partial charge in [0.2, 0.25) is 0 Å². The second kappa shape index (κ2) is 4.77. The molecular weight excluding hydrogens is 196 g/mol. The summed E-state index contributed by atoms with van der Waals surface area (Å²) in [5.41, 5.74) is 1.000. The van der Waals surface area contributed by atoms with E-state index in [0.29, 0.717) is 6.42 Å². The molecule has 74 valence electrons. The molecule has 4 heteroatoms. The van der Waals surface area contributed by atoms with E-state index >= 15 is 0 Å². The molecule has 14 heavy (non-hydrogen) atoms. The van der Waals surface area contributed by atoms with Crippen LogP contribution in [0.25, 0.3) is 0 Å². The van der Waals surface area contributed by atoms with E-state index in [2.05, 4.69) is 6.07 Å². The fourth-order valence-electron chi connectivity index (χ4n) is 1.11. The van der Waals surface area contributed by atoms with Crippen molar-refractivity contribution in [3.05, 3.63) is 16.3 Å². The SMILES string of the molecule is CC(CC#N)N(C)c1csc(C=O)c1. The van der Waals surface area contributed by atoms with Crippen molar-refractivity contribution in [1.29, 1.82) is 5.26 Å². The van der Waals surface area contributed by atoms with Crippen LogP contribution in [0.3, 0.4) is 0 Å². The monoisotopic (exact) mass is 208 g/mol. The van der Waals surface area contributed by atoms with Gasteiger partial charge >= 0.3 is 0 Å². The molecule has 0 aliphatic rings. The molecule has 0 aliphatic carbocycles. The average molecular weight is 208 g/mol. The molecule has 0 N–H and O–H groups in total. The summed E-state index contributed by atoms with van der Waals surface area (Å²) in [6, 6.07) is 4.15. The minimum atomic E-state index is 0.175. The first-order valence-corrected chi connectivity index (χ1v) is 5.20. The molecule has 1 rings (SSSR count). The number of rotatable bonds is 4. The van der Waals surface area contributed by atoms with E-state index < -0.39 is 0 Å². The third kappa shape index (κ3) is 2.33. The quantitative estimate of drug-likeness (QED) is 0.713. The normalized spacial score (nSPS) is 11.8. The van der Waals surface area contributed by atoms with Crippen molar-refractivity contribution in [3.63, 3.8) is 0 Å². The largest absolute Gasteiger partial charge is 0.370 e. The zero-order valence-corrected chi connectivity index (χ0v) is 9.04. The minimum Gasteiger partial charge on any atom is -0.370 e. The lowest BCUT2D eigenvalue weighted by molar-refractivity contribution is 0.112. The first-order chi connectivity index (χ1) is 6.69. The molecule has 0 amide bonds. The summed E-state index contributed by atoms with van der Waals surface area (Å²) in [4.78, 5) is 13.2. The predicted molar refractivity (Wildman–Crippen MR) is 57.8 cm³/mol. The fraction of sp³-hybridized carbons (Fsp3) is 0.400. The number of carbonyl (C=O) groups excluding carboxylic acids is 1. The maximum Gasteiger partial charge on any atom is 0.160 e. The number of nitriles is 1. The molecule has 3 nitrogen and oxygen atoms in total. The highest BCUT2D eigenvalue weighted by molar-refractivity contribution is 7.12. The molecule has 0 aromatic carbocycles. The van der Waals surface area contributed by atoms with Crippen molar-refractivity contribution < 1.29 is 4.79 Å². The predicted octanol–water partition coefficient (Wildman–Crippen LogP) is 2.30. The van der Waals surface area contributed by atoms with Gasteiger partial charge in [0.15, 0.2) is 6.29 Å². The first kappa shape index (κ1) is 10.7. The Hall–Kier alpha value is -1.34. The Morgan fingerprint density at radius 2 is 2.50 bits per heavy atom. The lowest BCUT2D eigenvalue weighted by Gasteiger charge is -2.23. The van der Waals surface area contributed by atoms with Gasteiger partial charge in [0.1, 0.15) is 0 Å². The Kier molecular flexibility index (Phi) is 3.66. The number of hydrogen-bond donors (Lipinski definition) is 0. The molecule has 0 aliphatic heterocycles. The Morgan fingerprint density at radius 1 is 1.79 bits per heavy atom. The smallest absolute Gasteiger partial charge is 0.160 e. The van der Waals surface area contributed by atoms with Gasteiger partial charge in [0.05, 0.1) is 17.4 Å². The second-order valence-electron chi connectivity index (χ2n) is 3.15. The van der Waals surface area contributed by atoms with Crippen LogP contribution in [0.4, 0.5) is 5.69 Å². The first-order valence-electron chi connectivity index (χ1n) is 4.32. The molecule has 0 fully saturated rings. The summed E-state index contributed by atoms with van der Waals surface area (Å²) < 4.78 is 0. The van der Waals surface area contributed by atoms with Crippen LogP contribution in [0, 0.1) is 11.3 Å². The molecule has 1 unspecified atom stereocenters. The summed E-state index contributed by atoms with van der Waals surface area (Å²) in [5, 5.41) is 10.5. The van der Waals surface area contributed by atoms with Crippen LogP contribution in [0.1, 0.15) is 23.0 Å². The highest BCUT2D eigenvalue weighted by Crippen LogP contribution is 2.23. The van der Waals surface area contributed by atoms with Gasteiger partial charge in [0.25, 0.3) is 0 Å². The number of carbonyl (C=O) groups is 1. The Balaban J connectivity index is 2.73. The van der Waals surface area contributed by atoms with Gasteiger partial charge < -0.3 is 4.90 Å². The van der Waals surface area contributed by atoms with E-state index in [1.807, 2.05) is 30.3 Å². The summed E-state index contributed by atoms with van der Waals surface area (Å²) in [5.74, 6) is 0. The van der Waals surface area contributed by atoms with E-state index in [0.717, 1.165) is 16.9 Å². The highest BCUT2D eigenvalue weighted by atomic mass is 32.1. The van der Waals surface area contributed by atoms with Crippen molar-refractivity contribution in [2.75, 3.05) is 11.9 Å². The maximum absolute atomic E-state index is 10.5. The van der Waals surface area contributed by atoms with Gasteiger partial charge in [-0.05, 0) is 13.0 Å². The molecule has 0 saturated heterocycles. The topological polar surface area (TPSA) is 44.1 Å². The van der Waals surface area contributed by atoms with E-state index in [4.69, 9.17) is 5.26 Å². The molecule has 1 aromatic rings. The molecule has 1 heterocycles. The Labute approximate surface area is 87.6 Å². The van der Waals surface area contributed by atoms with Crippen molar-refractivity contribution in [2.24, 2.45) is 0 Å². The number of anilines is 1. The Morgan fingerprint density at radius 3 is 3.00 bits per heavy atom. The number of hydrogen-bond acceptors (Lipinski definition) is 4. The number of aldehydes is 1. The van der Waals surface area contributed by atoms with E-state index in [1.165, 1.54) is 11.3 Å². The van der Waals surface area contributed by atoms with Gasteiger partial charge in [-0.3, -0.25) is 4.79 Å². The fourth-order valence-corrected chi connectivity index (χ4v) is 1.85. The number of thiophene rings is 1. The highest BCUT2D eigenvalue weighted by Gasteiger charge is 2.10. The summed E-state index contributed by atoms with van der Waals surface area (Å²) in [6.07, 6.45) is 1.33. The van der Waals surface area contributed by atoms with Crippen LogP contribution in [0.15, 0.2) is 11.4 Å². The van der Waals surface area contributed by atoms with E-state index in [-0.39, 0.29) is 6.04 Å². The second-order valence-corrected chi connectivity index (χ2v) is 4.09. The molecule has 1 aromatic heterocycles. The van der Waals surface area contributed by atoms with Crippen LogP contribution in [0.5, 0.6) is 0 Å². The van der Waals surface area contributed by atoms with Crippen LogP contribution < -0.4 is 4.90 Å². The third-order valence-corrected chi connectivity index (χ3v) is 3.02. The van der Waals surface area contributed by atoms with Gasteiger partial charge in [-0.15, -0.1) is 11.3 Å². The molecule has 0 radical (unpaired) electrons. The van der Waals surface area contributed by atoms with Crippen LogP contribution in [-0.2, 0) is 0 Å². The van der Waals surface area contributed by atoms with E-state index in [1.54, 1.807) is 0 Å². The van der Waals surface area contributed by atoms with Gasteiger partial charge in [0, 0.05) is 24.2 Å². The molecule has 0 spiro atoms. The zero-order valence-electron chi connectivity index (χ0n) is 8.23. The van der Waals surface area contributed by atoms with Crippen molar-refractivity contribution in [3.8, 4) is 6.07 Å². The van der Waals surface area contributed by atoms with Gasteiger partial charge in [-0.2, -0.15) is 5.26 Å². The van der Waals surface area contributed by atoms with Crippen LogP contribution in [0.2, 0.25) is 0 Å². The average Bonchev–Trinajstić information content (AvgIpc) is 2.65. The Bertz CT molecular complexity index is 353. The molecule has 0 bridgehead atoms. The lowest BCUT2D eigenvalue weighted by atomic mass is 10.2. The van der Waals surface area contributed by atoms with E-state index in [9.17, 15) is 4.79 Å². The summed E-state index contributed by atoms with van der Waals surface area (Å²) >= 11 is 1.42. The molecule has 0 saturated carbocycles. The van der Waals surface area contributed by atoms with Crippen LogP contribution >= 0.6 is 11.3 Å². The number of nitrogens with zero attached hydrogens (tertiary/aromatic N) is 2. The standard InChI is InChI=1S/C10H12N2OS/c1-8(3-4-11)12(2)9-5-10(6-13)14-7-9/h5-8H,3H2,1-2H3. The third-order valence-electron chi connectivity index (χ3n) is 2.18. The molecular formula is C10H12N2OS.